The second-order valence-electron chi connectivity index (χ2n) is 7.61. The highest BCUT2D eigenvalue weighted by Gasteiger charge is 2.37. The van der Waals surface area contributed by atoms with Crippen molar-refractivity contribution in [3.8, 4) is 0 Å². The van der Waals surface area contributed by atoms with Crippen molar-refractivity contribution in [3.05, 3.63) is 101 Å². The maximum absolute atomic E-state index is 13.9. The Hall–Kier alpha value is -3.10. The summed E-state index contributed by atoms with van der Waals surface area (Å²) in [7, 11) is -3.96. The lowest BCUT2D eigenvalue weighted by molar-refractivity contribution is -0.122. The number of nitrogens with zero attached hydrogens (tertiary/aromatic N) is 1. The number of sulfonamides is 1. The van der Waals surface area contributed by atoms with E-state index < -0.39 is 33.6 Å². The molecule has 1 N–H and O–H groups in total. The fraction of sp³-hybridized carbons (Fsp3) is 0.208. The van der Waals surface area contributed by atoms with E-state index in [1.165, 1.54) is 22.5 Å². The minimum Gasteiger partial charge on any atom is -0.352 e. The third kappa shape index (κ3) is 4.56. The molecule has 32 heavy (non-hydrogen) atoms. The quantitative estimate of drug-likeness (QED) is 0.611. The fourth-order valence-electron chi connectivity index (χ4n) is 3.95. The molecule has 0 aromatic heterocycles. The van der Waals surface area contributed by atoms with Crippen molar-refractivity contribution in [2.24, 2.45) is 0 Å². The molecule has 4 rings (SSSR count). The summed E-state index contributed by atoms with van der Waals surface area (Å²) in [6.07, 6.45) is 0.385. The van der Waals surface area contributed by atoms with Gasteiger partial charge in [-0.2, -0.15) is 4.31 Å². The molecule has 1 atom stereocenters. The predicted molar refractivity (Wildman–Crippen MR) is 116 cm³/mol. The summed E-state index contributed by atoms with van der Waals surface area (Å²) in [5, 5.41) is 2.69. The van der Waals surface area contributed by atoms with Crippen LogP contribution in [0.5, 0.6) is 0 Å². The molecule has 3 aromatic carbocycles. The highest BCUT2D eigenvalue weighted by atomic mass is 32.2. The van der Waals surface area contributed by atoms with Gasteiger partial charge in [0.15, 0.2) is 0 Å². The van der Waals surface area contributed by atoms with E-state index >= 15 is 0 Å². The summed E-state index contributed by atoms with van der Waals surface area (Å²) in [6, 6.07) is 17.5. The maximum atomic E-state index is 13.9. The van der Waals surface area contributed by atoms with Gasteiger partial charge in [0, 0.05) is 25.1 Å². The predicted octanol–water partition coefficient (Wildman–Crippen LogP) is 3.96. The molecular formula is C24H22F2N2O3S. The first-order valence-electron chi connectivity index (χ1n) is 10.2. The molecular weight excluding hydrogens is 434 g/mol. The normalized spacial score (nSPS) is 16.4. The first-order chi connectivity index (χ1) is 15.4. The van der Waals surface area contributed by atoms with Gasteiger partial charge in [-0.15, -0.1) is 0 Å². The Morgan fingerprint density at radius 1 is 0.969 bits per heavy atom. The first-order valence-corrected chi connectivity index (χ1v) is 11.7. The van der Waals surface area contributed by atoms with Crippen molar-refractivity contribution in [1.29, 1.82) is 0 Å². The zero-order valence-corrected chi connectivity index (χ0v) is 18.0. The third-order valence-corrected chi connectivity index (χ3v) is 7.52. The summed E-state index contributed by atoms with van der Waals surface area (Å²) in [4.78, 5) is 12.7. The Kier molecular flexibility index (Phi) is 6.34. The third-order valence-electron chi connectivity index (χ3n) is 5.60. The Morgan fingerprint density at radius 3 is 2.41 bits per heavy atom. The summed E-state index contributed by atoms with van der Waals surface area (Å²) in [6.45, 7) is 0.201. The van der Waals surface area contributed by atoms with E-state index in [9.17, 15) is 22.0 Å². The van der Waals surface area contributed by atoms with Crippen LogP contribution in [0, 0.1) is 11.6 Å². The molecule has 0 bridgehead atoms. The number of hydrogen-bond donors (Lipinski definition) is 1. The van der Waals surface area contributed by atoms with Crippen LogP contribution in [0.4, 0.5) is 8.78 Å². The molecule has 8 heteroatoms. The van der Waals surface area contributed by atoms with E-state index in [2.05, 4.69) is 5.32 Å². The van der Waals surface area contributed by atoms with Gasteiger partial charge in [0.2, 0.25) is 15.9 Å². The molecule has 0 spiro atoms. The van der Waals surface area contributed by atoms with E-state index in [1.54, 1.807) is 24.3 Å². The second kappa shape index (κ2) is 9.18. The number of carbonyl (C=O) groups is 1. The smallest absolute Gasteiger partial charge is 0.243 e. The first kappa shape index (κ1) is 22.1. The lowest BCUT2D eigenvalue weighted by Gasteiger charge is -2.36. The van der Waals surface area contributed by atoms with Gasteiger partial charge >= 0.3 is 0 Å². The van der Waals surface area contributed by atoms with Crippen LogP contribution < -0.4 is 5.32 Å². The van der Waals surface area contributed by atoms with Crippen molar-refractivity contribution >= 4 is 15.9 Å². The number of carbonyl (C=O) groups excluding carboxylic acids is 1. The highest BCUT2D eigenvalue weighted by molar-refractivity contribution is 7.89. The zero-order valence-electron chi connectivity index (χ0n) is 17.2. The zero-order chi connectivity index (χ0) is 22.7. The number of halogens is 2. The molecule has 0 saturated carbocycles. The number of fused-ring (bicyclic) bond motifs is 1. The van der Waals surface area contributed by atoms with E-state index in [0.717, 1.165) is 23.3 Å². The highest BCUT2D eigenvalue weighted by Crippen LogP contribution is 2.36. The SMILES string of the molecule is O=C(CC1c2ccccc2CCN1S(=O)(=O)c1ccc(F)cc1)NCc1ccccc1F. The number of amides is 1. The van der Waals surface area contributed by atoms with Crippen molar-refractivity contribution in [1.82, 2.24) is 9.62 Å². The van der Waals surface area contributed by atoms with E-state index in [4.69, 9.17) is 0 Å². The summed E-state index contributed by atoms with van der Waals surface area (Å²) in [5.41, 5.74) is 2.08. The average molecular weight is 457 g/mol. The van der Waals surface area contributed by atoms with Crippen molar-refractivity contribution in [2.75, 3.05) is 6.54 Å². The van der Waals surface area contributed by atoms with Crippen molar-refractivity contribution < 1.29 is 22.0 Å². The molecule has 0 radical (unpaired) electrons. The molecule has 1 heterocycles. The monoisotopic (exact) mass is 456 g/mol. The molecule has 5 nitrogen and oxygen atoms in total. The van der Waals surface area contributed by atoms with Gasteiger partial charge in [0.05, 0.1) is 10.9 Å². The topological polar surface area (TPSA) is 66.5 Å². The van der Waals surface area contributed by atoms with E-state index in [-0.39, 0.29) is 24.4 Å². The number of hydrogen-bond acceptors (Lipinski definition) is 3. The molecule has 166 valence electrons. The van der Waals surface area contributed by atoms with Gasteiger partial charge in [-0.25, -0.2) is 17.2 Å². The summed E-state index contributed by atoms with van der Waals surface area (Å²) >= 11 is 0. The van der Waals surface area contributed by atoms with Crippen LogP contribution in [0.1, 0.15) is 29.2 Å². The minimum absolute atomic E-state index is 0.00455. The molecule has 0 fully saturated rings. The summed E-state index contributed by atoms with van der Waals surface area (Å²) < 4.78 is 55.2. The molecule has 1 unspecified atom stereocenters. The molecule has 1 aliphatic heterocycles. The molecule has 0 aliphatic carbocycles. The van der Waals surface area contributed by atoms with Crippen molar-refractivity contribution in [3.63, 3.8) is 0 Å². The van der Waals surface area contributed by atoms with Crippen LogP contribution in [0.3, 0.4) is 0 Å². The van der Waals surface area contributed by atoms with Crippen LogP contribution in [-0.2, 0) is 27.8 Å². The summed E-state index contributed by atoms with van der Waals surface area (Å²) in [5.74, 6) is -1.34. The van der Waals surface area contributed by atoms with Gasteiger partial charge in [0.25, 0.3) is 0 Å². The minimum atomic E-state index is -3.96. The van der Waals surface area contributed by atoms with Crippen LogP contribution in [-0.4, -0.2) is 25.2 Å². The van der Waals surface area contributed by atoms with E-state index in [0.29, 0.717) is 12.0 Å². The molecule has 3 aromatic rings. The van der Waals surface area contributed by atoms with Crippen LogP contribution in [0.15, 0.2) is 77.7 Å². The number of benzene rings is 3. The Morgan fingerprint density at radius 2 is 1.66 bits per heavy atom. The Labute approximate surface area is 185 Å². The largest absolute Gasteiger partial charge is 0.352 e. The molecule has 0 saturated heterocycles. The number of nitrogens with one attached hydrogen (secondary N) is 1. The average Bonchev–Trinajstić information content (AvgIpc) is 2.79. The van der Waals surface area contributed by atoms with E-state index in [1.807, 2.05) is 18.2 Å². The van der Waals surface area contributed by atoms with Gasteiger partial charge in [-0.05, 0) is 47.9 Å². The van der Waals surface area contributed by atoms with Gasteiger partial charge < -0.3 is 5.32 Å². The van der Waals surface area contributed by atoms with Crippen LogP contribution >= 0.6 is 0 Å². The van der Waals surface area contributed by atoms with Gasteiger partial charge in [-0.3, -0.25) is 4.79 Å². The van der Waals surface area contributed by atoms with Crippen molar-refractivity contribution in [2.45, 2.75) is 30.3 Å². The Bertz CT molecular complexity index is 1230. The van der Waals surface area contributed by atoms with Crippen LogP contribution in [0.2, 0.25) is 0 Å². The van der Waals surface area contributed by atoms with Crippen LogP contribution in [0.25, 0.3) is 0 Å². The lowest BCUT2D eigenvalue weighted by Crippen LogP contribution is -2.42. The fourth-order valence-corrected chi connectivity index (χ4v) is 5.56. The molecule has 1 amide bonds. The lowest BCUT2D eigenvalue weighted by atomic mass is 9.92. The van der Waals surface area contributed by atoms with Gasteiger partial charge in [0.1, 0.15) is 11.6 Å². The number of rotatable bonds is 6. The second-order valence-corrected chi connectivity index (χ2v) is 9.50. The van der Waals surface area contributed by atoms with Gasteiger partial charge in [-0.1, -0.05) is 42.5 Å². The maximum Gasteiger partial charge on any atom is 0.243 e. The standard InChI is InChI=1S/C24H22F2N2O3S/c25-19-9-11-20(12-10-19)32(30,31)28-14-13-17-5-1-3-7-21(17)23(28)15-24(29)27-16-18-6-2-4-8-22(18)26/h1-12,23H,13-16H2,(H,27,29). The Balaban J connectivity index is 1.60. The molecule has 1 aliphatic rings.